The van der Waals surface area contributed by atoms with Crippen LogP contribution in [-0.4, -0.2) is 42.6 Å². The smallest absolute Gasteiger partial charge is 0.338 e. The molecule has 0 atom stereocenters. The SMILES string of the molecule is CCOC(=O)c1ccc2c(c1)nc(SCc1cc3c(cc1Cl)OCO3)n2CCOC. The average Bonchev–Trinajstić information content (AvgIpc) is 3.33. The highest BCUT2D eigenvalue weighted by molar-refractivity contribution is 7.98. The summed E-state index contributed by atoms with van der Waals surface area (Å²) in [4.78, 5) is 16.8. The lowest BCUT2D eigenvalue weighted by molar-refractivity contribution is 0.0526. The van der Waals surface area contributed by atoms with Crippen LogP contribution in [0.25, 0.3) is 11.0 Å². The molecule has 0 spiro atoms. The highest BCUT2D eigenvalue weighted by Crippen LogP contribution is 2.39. The number of fused-ring (bicyclic) bond motifs is 2. The standard InChI is InChI=1S/C21H21ClN2O5S/c1-3-27-20(25)13-4-5-17-16(8-13)23-21(24(17)6-7-26-2)30-11-14-9-18-19(10-15(14)22)29-12-28-18/h4-5,8-10H,3,6-7,11-12H2,1-2H3. The Kier molecular flexibility index (Phi) is 6.36. The van der Waals surface area contributed by atoms with Crippen LogP contribution in [0.1, 0.15) is 22.8 Å². The minimum absolute atomic E-state index is 0.206. The molecule has 0 aliphatic carbocycles. The zero-order valence-electron chi connectivity index (χ0n) is 16.6. The van der Waals surface area contributed by atoms with Crippen LogP contribution in [0, 0.1) is 0 Å². The molecule has 2 heterocycles. The summed E-state index contributed by atoms with van der Waals surface area (Å²) in [5, 5.41) is 1.44. The maximum atomic E-state index is 12.1. The van der Waals surface area contributed by atoms with Gasteiger partial charge in [-0.05, 0) is 36.8 Å². The number of thioether (sulfide) groups is 1. The third kappa shape index (κ3) is 4.21. The van der Waals surface area contributed by atoms with Crippen molar-refractivity contribution in [2.75, 3.05) is 27.1 Å². The van der Waals surface area contributed by atoms with Gasteiger partial charge in [-0.3, -0.25) is 0 Å². The lowest BCUT2D eigenvalue weighted by Crippen LogP contribution is -2.06. The van der Waals surface area contributed by atoms with E-state index < -0.39 is 0 Å². The Morgan fingerprint density at radius 3 is 2.83 bits per heavy atom. The van der Waals surface area contributed by atoms with Gasteiger partial charge in [0.05, 0.1) is 29.8 Å². The minimum atomic E-state index is -0.354. The Morgan fingerprint density at radius 2 is 2.07 bits per heavy atom. The maximum Gasteiger partial charge on any atom is 0.338 e. The van der Waals surface area contributed by atoms with E-state index in [-0.39, 0.29) is 12.8 Å². The first-order chi connectivity index (χ1) is 14.6. The van der Waals surface area contributed by atoms with Crippen molar-refractivity contribution in [3.63, 3.8) is 0 Å². The molecular weight excluding hydrogens is 428 g/mol. The molecule has 7 nitrogen and oxygen atoms in total. The fourth-order valence-corrected chi connectivity index (χ4v) is 4.50. The number of esters is 1. The van der Waals surface area contributed by atoms with E-state index in [1.54, 1.807) is 44.0 Å². The predicted octanol–water partition coefficient (Wildman–Crippen LogP) is 4.53. The van der Waals surface area contributed by atoms with Gasteiger partial charge in [-0.2, -0.15) is 0 Å². The summed E-state index contributed by atoms with van der Waals surface area (Å²) >= 11 is 7.97. The number of rotatable bonds is 8. The van der Waals surface area contributed by atoms with E-state index in [4.69, 9.17) is 35.5 Å². The minimum Gasteiger partial charge on any atom is -0.462 e. The number of carbonyl (C=O) groups excluding carboxylic acids is 1. The third-order valence-electron chi connectivity index (χ3n) is 4.64. The quantitative estimate of drug-likeness (QED) is 0.370. The number of ether oxygens (including phenoxy) is 4. The van der Waals surface area contributed by atoms with Crippen molar-refractivity contribution in [1.29, 1.82) is 0 Å². The van der Waals surface area contributed by atoms with Crippen LogP contribution in [0.3, 0.4) is 0 Å². The number of hydrogen-bond acceptors (Lipinski definition) is 7. The van der Waals surface area contributed by atoms with Gasteiger partial charge in [-0.1, -0.05) is 23.4 Å². The van der Waals surface area contributed by atoms with Crippen molar-refractivity contribution in [3.8, 4) is 11.5 Å². The molecule has 0 radical (unpaired) electrons. The van der Waals surface area contributed by atoms with Crippen LogP contribution in [-0.2, 0) is 21.8 Å². The second-order valence-electron chi connectivity index (χ2n) is 6.55. The molecule has 3 aromatic rings. The Labute approximate surface area is 183 Å². The van der Waals surface area contributed by atoms with Gasteiger partial charge in [0, 0.05) is 30.5 Å². The lowest BCUT2D eigenvalue weighted by Gasteiger charge is -2.09. The number of benzene rings is 2. The van der Waals surface area contributed by atoms with Crippen molar-refractivity contribution >= 4 is 40.4 Å². The van der Waals surface area contributed by atoms with E-state index in [1.165, 1.54) is 0 Å². The highest BCUT2D eigenvalue weighted by Gasteiger charge is 2.19. The van der Waals surface area contributed by atoms with E-state index in [0.29, 0.717) is 47.6 Å². The maximum absolute atomic E-state index is 12.1. The Bertz CT molecular complexity index is 1080. The number of carbonyl (C=O) groups is 1. The van der Waals surface area contributed by atoms with E-state index in [1.807, 2.05) is 12.1 Å². The molecule has 1 aliphatic rings. The molecule has 0 bridgehead atoms. The zero-order valence-corrected chi connectivity index (χ0v) is 18.2. The molecule has 1 aromatic heterocycles. The lowest BCUT2D eigenvalue weighted by atomic mass is 10.2. The van der Waals surface area contributed by atoms with Crippen molar-refractivity contribution in [3.05, 3.63) is 46.5 Å². The average molecular weight is 449 g/mol. The summed E-state index contributed by atoms with van der Waals surface area (Å²) in [6.45, 7) is 3.51. The molecule has 1 aliphatic heterocycles. The molecule has 4 rings (SSSR count). The second kappa shape index (κ2) is 9.16. The van der Waals surface area contributed by atoms with Gasteiger partial charge in [-0.25, -0.2) is 9.78 Å². The van der Waals surface area contributed by atoms with E-state index in [2.05, 4.69) is 4.57 Å². The van der Waals surface area contributed by atoms with Gasteiger partial charge in [-0.15, -0.1) is 0 Å². The molecule has 9 heteroatoms. The third-order valence-corrected chi connectivity index (χ3v) is 6.02. The van der Waals surface area contributed by atoms with Crippen molar-refractivity contribution < 1.29 is 23.7 Å². The van der Waals surface area contributed by atoms with Crippen LogP contribution in [0.5, 0.6) is 11.5 Å². The van der Waals surface area contributed by atoms with Gasteiger partial charge >= 0.3 is 5.97 Å². The number of nitrogens with zero attached hydrogens (tertiary/aromatic N) is 2. The molecule has 0 amide bonds. The summed E-state index contributed by atoms with van der Waals surface area (Å²) in [5.74, 6) is 1.61. The van der Waals surface area contributed by atoms with Gasteiger partial charge in [0.1, 0.15) is 0 Å². The molecule has 0 N–H and O–H groups in total. The largest absolute Gasteiger partial charge is 0.462 e. The van der Waals surface area contributed by atoms with Gasteiger partial charge < -0.3 is 23.5 Å². The summed E-state index contributed by atoms with van der Waals surface area (Å²) < 4.78 is 23.3. The van der Waals surface area contributed by atoms with Crippen LogP contribution in [0.2, 0.25) is 5.02 Å². The summed E-state index contributed by atoms with van der Waals surface area (Å²) in [7, 11) is 1.66. The van der Waals surface area contributed by atoms with Crippen LogP contribution in [0.4, 0.5) is 0 Å². The predicted molar refractivity (Wildman–Crippen MR) is 115 cm³/mol. The van der Waals surface area contributed by atoms with Crippen LogP contribution in [0.15, 0.2) is 35.5 Å². The zero-order chi connectivity index (χ0) is 21.1. The summed E-state index contributed by atoms with van der Waals surface area (Å²) in [5.41, 5.74) is 3.08. The highest BCUT2D eigenvalue weighted by atomic mass is 35.5. The molecule has 0 fully saturated rings. The molecule has 2 aromatic carbocycles. The molecular formula is C21H21ClN2O5S. The molecule has 0 saturated heterocycles. The summed E-state index contributed by atoms with van der Waals surface area (Å²) in [6.07, 6.45) is 0. The number of halogens is 1. The topological polar surface area (TPSA) is 71.8 Å². The van der Waals surface area contributed by atoms with E-state index in [0.717, 1.165) is 21.8 Å². The van der Waals surface area contributed by atoms with Crippen molar-refractivity contribution in [1.82, 2.24) is 9.55 Å². The monoisotopic (exact) mass is 448 g/mol. The van der Waals surface area contributed by atoms with Crippen LogP contribution >= 0.6 is 23.4 Å². The van der Waals surface area contributed by atoms with Crippen LogP contribution < -0.4 is 9.47 Å². The number of hydrogen-bond donors (Lipinski definition) is 0. The number of imidazole rings is 1. The first-order valence-electron chi connectivity index (χ1n) is 9.48. The summed E-state index contributed by atoms with van der Waals surface area (Å²) in [6, 6.07) is 9.09. The second-order valence-corrected chi connectivity index (χ2v) is 7.90. The van der Waals surface area contributed by atoms with E-state index >= 15 is 0 Å². The molecule has 158 valence electrons. The van der Waals surface area contributed by atoms with Crippen molar-refractivity contribution in [2.24, 2.45) is 0 Å². The molecule has 0 saturated carbocycles. The molecule has 0 unspecified atom stereocenters. The number of methoxy groups -OCH3 is 1. The Balaban J connectivity index is 1.62. The van der Waals surface area contributed by atoms with Gasteiger partial charge in [0.15, 0.2) is 16.7 Å². The Morgan fingerprint density at radius 1 is 1.27 bits per heavy atom. The van der Waals surface area contributed by atoms with Crippen molar-refractivity contribution in [2.45, 2.75) is 24.4 Å². The fourth-order valence-electron chi connectivity index (χ4n) is 3.17. The first-order valence-corrected chi connectivity index (χ1v) is 10.8. The fraction of sp³-hybridized carbons (Fsp3) is 0.333. The normalized spacial score (nSPS) is 12.5. The van der Waals surface area contributed by atoms with Gasteiger partial charge in [0.2, 0.25) is 6.79 Å². The first kappa shape index (κ1) is 20.8. The van der Waals surface area contributed by atoms with Gasteiger partial charge in [0.25, 0.3) is 0 Å². The number of aromatic nitrogens is 2. The van der Waals surface area contributed by atoms with E-state index in [9.17, 15) is 4.79 Å². The molecule has 30 heavy (non-hydrogen) atoms. The Hall–Kier alpha value is -2.42.